The molecule has 11 heteroatoms. The number of pyridine rings is 1. The summed E-state index contributed by atoms with van der Waals surface area (Å²) >= 11 is 0. The van der Waals surface area contributed by atoms with Crippen molar-refractivity contribution in [2.24, 2.45) is 7.05 Å². The number of nitrogens with one attached hydrogen (secondary N) is 3. The van der Waals surface area contributed by atoms with Gasteiger partial charge >= 0.3 is 6.03 Å². The van der Waals surface area contributed by atoms with Gasteiger partial charge in [-0.15, -0.1) is 0 Å². The van der Waals surface area contributed by atoms with Gasteiger partial charge in [0.1, 0.15) is 11.5 Å². The van der Waals surface area contributed by atoms with Crippen LogP contribution in [0.3, 0.4) is 0 Å². The van der Waals surface area contributed by atoms with E-state index in [4.69, 9.17) is 10.4 Å². The van der Waals surface area contributed by atoms with Gasteiger partial charge in [0, 0.05) is 54.7 Å². The molecule has 0 bridgehead atoms. The molecule has 1 aromatic carbocycles. The summed E-state index contributed by atoms with van der Waals surface area (Å²) in [5.41, 5.74) is 2.88. The highest BCUT2D eigenvalue weighted by molar-refractivity contribution is 5.89. The number of nitriles is 1. The third kappa shape index (κ3) is 4.68. The molecule has 1 saturated carbocycles. The van der Waals surface area contributed by atoms with Gasteiger partial charge in [0.15, 0.2) is 0 Å². The number of urea groups is 1. The molecular weight excluding hydrogens is 482 g/mol. The van der Waals surface area contributed by atoms with Crippen molar-refractivity contribution in [1.82, 2.24) is 29.6 Å². The molecule has 3 heterocycles. The Hall–Kier alpha value is -4.72. The van der Waals surface area contributed by atoms with E-state index >= 15 is 0 Å². The molecule has 0 spiro atoms. The first-order valence-corrected chi connectivity index (χ1v) is 12.3. The highest BCUT2D eigenvalue weighted by Gasteiger charge is 2.42. The van der Waals surface area contributed by atoms with Crippen LogP contribution in [0.4, 0.5) is 16.6 Å². The largest absolute Gasteiger partial charge is 0.357 e. The van der Waals surface area contributed by atoms with E-state index in [0.717, 1.165) is 16.8 Å². The Morgan fingerprint density at radius 3 is 2.58 bits per heavy atom. The number of carbonyl (C=O) groups is 1. The van der Waals surface area contributed by atoms with Gasteiger partial charge in [0.25, 0.3) is 5.56 Å². The first-order chi connectivity index (χ1) is 18.1. The minimum absolute atomic E-state index is 0.0959. The van der Waals surface area contributed by atoms with E-state index in [-0.39, 0.29) is 29.0 Å². The maximum absolute atomic E-state index is 13.1. The molecule has 194 valence electrons. The second-order valence-corrected chi connectivity index (χ2v) is 10.5. The van der Waals surface area contributed by atoms with Crippen molar-refractivity contribution in [3.8, 4) is 11.8 Å². The van der Waals surface area contributed by atoms with Crippen LogP contribution in [0, 0.1) is 11.3 Å². The predicted octanol–water partition coefficient (Wildman–Crippen LogP) is 3.40. The molecule has 0 aliphatic heterocycles. The van der Waals surface area contributed by atoms with Crippen LogP contribution in [0.5, 0.6) is 0 Å². The lowest BCUT2D eigenvalue weighted by molar-refractivity contribution is 0.251. The lowest BCUT2D eigenvalue weighted by Gasteiger charge is -2.14. The van der Waals surface area contributed by atoms with Gasteiger partial charge in [-0.1, -0.05) is 20.8 Å². The molecule has 1 aliphatic carbocycles. The summed E-state index contributed by atoms with van der Waals surface area (Å²) in [6, 6.07) is 12.2. The molecule has 11 nitrogen and oxygen atoms in total. The normalized spacial score (nSPS) is 16.6. The van der Waals surface area contributed by atoms with Gasteiger partial charge in [-0.05, 0) is 36.8 Å². The Morgan fingerprint density at radius 2 is 1.92 bits per heavy atom. The van der Waals surface area contributed by atoms with E-state index in [9.17, 15) is 9.59 Å². The predicted molar refractivity (Wildman–Crippen MR) is 145 cm³/mol. The quantitative estimate of drug-likeness (QED) is 0.373. The average molecular weight is 512 g/mol. The molecule has 2 amide bonds. The van der Waals surface area contributed by atoms with Crippen LogP contribution >= 0.6 is 0 Å². The number of hydrogen-bond acceptors (Lipinski definition) is 7. The Labute approximate surface area is 219 Å². The van der Waals surface area contributed by atoms with Crippen molar-refractivity contribution in [2.45, 2.75) is 44.6 Å². The van der Waals surface area contributed by atoms with Crippen molar-refractivity contribution < 1.29 is 4.79 Å². The number of nitrogens with zero attached hydrogens (tertiary/aromatic N) is 6. The summed E-state index contributed by atoms with van der Waals surface area (Å²) in [7, 11) is 3.41. The molecule has 2 unspecified atom stereocenters. The summed E-state index contributed by atoms with van der Waals surface area (Å²) in [6.07, 6.45) is 2.34. The maximum Gasteiger partial charge on any atom is 0.320 e. The smallest absolute Gasteiger partial charge is 0.320 e. The van der Waals surface area contributed by atoms with Crippen LogP contribution in [0.15, 0.2) is 47.4 Å². The first-order valence-electron chi connectivity index (χ1n) is 12.3. The van der Waals surface area contributed by atoms with Crippen LogP contribution in [-0.4, -0.2) is 43.4 Å². The van der Waals surface area contributed by atoms with E-state index < -0.39 is 0 Å². The summed E-state index contributed by atoms with van der Waals surface area (Å²) < 4.78 is 3.18. The lowest BCUT2D eigenvalue weighted by atomic mass is 9.92. The highest BCUT2D eigenvalue weighted by atomic mass is 16.2. The summed E-state index contributed by atoms with van der Waals surface area (Å²) in [6.45, 7) is 6.14. The molecule has 4 aromatic rings. The Morgan fingerprint density at radius 1 is 1.18 bits per heavy atom. The zero-order valence-corrected chi connectivity index (χ0v) is 21.9. The monoisotopic (exact) mass is 511 g/mol. The maximum atomic E-state index is 13.1. The molecule has 0 saturated heterocycles. The zero-order chi connectivity index (χ0) is 27.2. The Balaban J connectivity index is 1.35. The fourth-order valence-corrected chi connectivity index (χ4v) is 4.39. The minimum atomic E-state index is -0.382. The second-order valence-electron chi connectivity index (χ2n) is 10.5. The van der Waals surface area contributed by atoms with Crippen LogP contribution in [-0.2, 0) is 12.5 Å². The lowest BCUT2D eigenvalue weighted by Crippen LogP contribution is -2.33. The molecule has 0 radical (unpaired) electrons. The molecule has 1 fully saturated rings. The van der Waals surface area contributed by atoms with Crippen LogP contribution in [0.25, 0.3) is 16.7 Å². The van der Waals surface area contributed by atoms with E-state index in [2.05, 4.69) is 32.0 Å². The number of fused-ring (bicyclic) bond motifs is 1. The van der Waals surface area contributed by atoms with Crippen molar-refractivity contribution in [3.05, 3.63) is 69.8 Å². The second kappa shape index (κ2) is 9.30. The summed E-state index contributed by atoms with van der Waals surface area (Å²) in [4.78, 5) is 34.7. The number of rotatable bonds is 5. The minimum Gasteiger partial charge on any atom is -0.357 e. The average Bonchev–Trinajstić information content (AvgIpc) is 3.51. The summed E-state index contributed by atoms with van der Waals surface area (Å²) in [5, 5.41) is 23.4. The molecule has 5 rings (SSSR count). The van der Waals surface area contributed by atoms with E-state index in [0.29, 0.717) is 35.0 Å². The van der Waals surface area contributed by atoms with Crippen molar-refractivity contribution >= 4 is 28.8 Å². The van der Waals surface area contributed by atoms with E-state index in [1.54, 1.807) is 49.2 Å². The number of aryl methyl sites for hydroxylation is 1. The van der Waals surface area contributed by atoms with Gasteiger partial charge in [0.2, 0.25) is 5.95 Å². The van der Waals surface area contributed by atoms with Crippen molar-refractivity contribution in [2.75, 3.05) is 17.7 Å². The van der Waals surface area contributed by atoms with Gasteiger partial charge in [0.05, 0.1) is 23.0 Å². The molecule has 3 N–H and O–H groups in total. The number of anilines is 2. The number of hydrogen-bond donors (Lipinski definition) is 3. The van der Waals surface area contributed by atoms with E-state index in [1.165, 1.54) is 4.57 Å². The molecular formula is C27H29N9O2. The molecule has 3 aromatic heterocycles. The summed E-state index contributed by atoms with van der Waals surface area (Å²) in [5.74, 6) is 0.854. The number of aromatic nitrogens is 5. The molecule has 1 aliphatic rings. The van der Waals surface area contributed by atoms with Gasteiger partial charge in [-0.25, -0.2) is 14.5 Å². The topological polar surface area (TPSA) is 143 Å². The van der Waals surface area contributed by atoms with Gasteiger partial charge < -0.3 is 10.6 Å². The van der Waals surface area contributed by atoms with Crippen molar-refractivity contribution in [1.29, 1.82) is 5.26 Å². The molecule has 38 heavy (non-hydrogen) atoms. The van der Waals surface area contributed by atoms with E-state index in [1.807, 2.05) is 32.9 Å². The Bertz CT molecular complexity index is 1640. The fraction of sp³-hybridized carbons (Fsp3) is 0.333. The third-order valence-corrected chi connectivity index (χ3v) is 6.67. The highest BCUT2D eigenvalue weighted by Crippen LogP contribution is 2.40. The standard InChI is InChI=1S/C27H29N9O2/c1-27(2,3)21-12-22(36(34-21)17-8-6-15(13-28)7-9-17)32-26(38)31-20-11-18(20)19-10-16-14-30-25(29-4)33-23(16)35(5)24(19)37/h6-10,12,14,18,20H,11H2,1-5H3,(H,29,30,33)(H2,31,32,38). The van der Waals surface area contributed by atoms with Gasteiger partial charge in [-0.3, -0.25) is 14.7 Å². The number of amides is 2. The van der Waals surface area contributed by atoms with Crippen LogP contribution in [0.2, 0.25) is 0 Å². The zero-order valence-electron chi connectivity index (χ0n) is 21.9. The fourth-order valence-electron chi connectivity index (χ4n) is 4.39. The van der Waals surface area contributed by atoms with Crippen LogP contribution < -0.4 is 21.5 Å². The van der Waals surface area contributed by atoms with Crippen molar-refractivity contribution in [3.63, 3.8) is 0 Å². The van der Waals surface area contributed by atoms with Gasteiger partial charge in [-0.2, -0.15) is 15.3 Å². The number of carbonyl (C=O) groups excluding carboxylic acids is 1. The first kappa shape index (κ1) is 25.0. The van der Waals surface area contributed by atoms with Crippen LogP contribution in [0.1, 0.15) is 49.9 Å². The SMILES string of the molecule is CNc1ncc2cc(C3CC3NC(=O)Nc3cc(C(C)(C)C)nn3-c3ccc(C#N)cc3)c(=O)n(C)c2n1. The molecule has 2 atom stereocenters. The number of benzene rings is 1. The Kier molecular flexibility index (Phi) is 6.11. The third-order valence-electron chi connectivity index (χ3n) is 6.67.